The van der Waals surface area contributed by atoms with Gasteiger partial charge in [-0.15, -0.1) is 0 Å². The SMILES string of the molecule is COc1cc(C#CCCNC(=O)OCc2ccccc2)ccc1C(=O)O. The molecule has 0 saturated heterocycles. The summed E-state index contributed by atoms with van der Waals surface area (Å²) in [5.41, 5.74) is 1.64. The normalized spacial score (nSPS) is 9.58. The van der Waals surface area contributed by atoms with Crippen LogP contribution < -0.4 is 10.1 Å². The van der Waals surface area contributed by atoms with Crippen molar-refractivity contribution < 1.29 is 24.2 Å². The minimum absolute atomic E-state index is 0.0841. The topological polar surface area (TPSA) is 84.9 Å². The van der Waals surface area contributed by atoms with Crippen molar-refractivity contribution >= 4 is 12.1 Å². The number of ether oxygens (including phenoxy) is 2. The van der Waals surface area contributed by atoms with Gasteiger partial charge in [0.1, 0.15) is 17.9 Å². The maximum absolute atomic E-state index is 11.6. The zero-order valence-corrected chi connectivity index (χ0v) is 14.3. The van der Waals surface area contributed by atoms with Crippen LogP contribution in [0.1, 0.15) is 27.9 Å². The highest BCUT2D eigenvalue weighted by Crippen LogP contribution is 2.19. The van der Waals surface area contributed by atoms with Crippen LogP contribution in [0.15, 0.2) is 48.5 Å². The van der Waals surface area contributed by atoms with Crippen LogP contribution in [0.3, 0.4) is 0 Å². The zero-order valence-electron chi connectivity index (χ0n) is 14.3. The molecule has 0 saturated carbocycles. The van der Waals surface area contributed by atoms with Crippen LogP contribution >= 0.6 is 0 Å². The summed E-state index contributed by atoms with van der Waals surface area (Å²) in [5, 5.41) is 11.7. The van der Waals surface area contributed by atoms with Gasteiger partial charge in [0.2, 0.25) is 0 Å². The van der Waals surface area contributed by atoms with E-state index in [0.29, 0.717) is 18.5 Å². The molecule has 0 aliphatic heterocycles. The molecule has 0 aliphatic carbocycles. The monoisotopic (exact) mass is 353 g/mol. The lowest BCUT2D eigenvalue weighted by Gasteiger charge is -2.05. The van der Waals surface area contributed by atoms with E-state index in [-0.39, 0.29) is 17.9 Å². The van der Waals surface area contributed by atoms with Crippen molar-refractivity contribution in [2.75, 3.05) is 13.7 Å². The summed E-state index contributed by atoms with van der Waals surface area (Å²) in [7, 11) is 1.41. The molecule has 2 aromatic rings. The molecule has 26 heavy (non-hydrogen) atoms. The lowest BCUT2D eigenvalue weighted by Crippen LogP contribution is -2.24. The van der Waals surface area contributed by atoms with Crippen LogP contribution in [0.4, 0.5) is 4.79 Å². The highest BCUT2D eigenvalue weighted by molar-refractivity contribution is 5.91. The first kappa shape index (κ1) is 18.9. The molecule has 6 heteroatoms. The highest BCUT2D eigenvalue weighted by atomic mass is 16.5. The predicted molar refractivity (Wildman–Crippen MR) is 96.1 cm³/mol. The Morgan fingerprint density at radius 2 is 1.92 bits per heavy atom. The fraction of sp³-hybridized carbons (Fsp3) is 0.200. The average molecular weight is 353 g/mol. The lowest BCUT2D eigenvalue weighted by atomic mass is 10.1. The van der Waals surface area contributed by atoms with Crippen molar-refractivity contribution in [2.24, 2.45) is 0 Å². The molecule has 1 amide bonds. The van der Waals surface area contributed by atoms with E-state index >= 15 is 0 Å². The van der Waals surface area contributed by atoms with Gasteiger partial charge in [-0.2, -0.15) is 0 Å². The van der Waals surface area contributed by atoms with Crippen LogP contribution in [-0.2, 0) is 11.3 Å². The number of rotatable bonds is 6. The van der Waals surface area contributed by atoms with Crippen molar-refractivity contribution in [3.8, 4) is 17.6 Å². The van der Waals surface area contributed by atoms with E-state index in [4.69, 9.17) is 14.6 Å². The maximum Gasteiger partial charge on any atom is 0.407 e. The molecular formula is C20H19NO5. The number of hydrogen-bond donors (Lipinski definition) is 2. The van der Waals surface area contributed by atoms with Crippen molar-refractivity contribution in [1.29, 1.82) is 0 Å². The molecule has 0 aromatic heterocycles. The van der Waals surface area contributed by atoms with E-state index in [1.807, 2.05) is 30.3 Å². The molecule has 0 spiro atoms. The summed E-state index contributed by atoms with van der Waals surface area (Å²) in [6.07, 6.45) is -0.0631. The standard InChI is InChI=1S/C20H19NO5/c1-25-18-13-15(10-11-17(18)19(22)23)7-5-6-12-21-20(24)26-14-16-8-3-2-4-9-16/h2-4,8-11,13H,6,12,14H2,1H3,(H,21,24)(H,22,23). The summed E-state index contributed by atoms with van der Waals surface area (Å²) in [6, 6.07) is 14.0. The van der Waals surface area contributed by atoms with Gasteiger partial charge < -0.3 is 19.9 Å². The molecule has 6 nitrogen and oxygen atoms in total. The minimum Gasteiger partial charge on any atom is -0.496 e. The first-order chi connectivity index (χ1) is 12.6. The van der Waals surface area contributed by atoms with Gasteiger partial charge >= 0.3 is 12.1 Å². The number of carbonyl (C=O) groups is 2. The molecule has 0 atom stereocenters. The summed E-state index contributed by atoms with van der Waals surface area (Å²) in [6.45, 7) is 0.568. The van der Waals surface area contributed by atoms with E-state index in [1.54, 1.807) is 12.1 Å². The summed E-state index contributed by atoms with van der Waals surface area (Å²) >= 11 is 0. The van der Waals surface area contributed by atoms with Crippen LogP contribution in [0.25, 0.3) is 0 Å². The lowest BCUT2D eigenvalue weighted by molar-refractivity contribution is 0.0693. The molecule has 2 N–H and O–H groups in total. The third kappa shape index (κ3) is 5.87. The number of carbonyl (C=O) groups excluding carboxylic acids is 1. The molecule has 0 heterocycles. The molecule has 0 fully saturated rings. The van der Waals surface area contributed by atoms with E-state index in [9.17, 15) is 9.59 Å². The fourth-order valence-electron chi connectivity index (χ4n) is 2.11. The molecule has 0 aliphatic rings. The number of methoxy groups -OCH3 is 1. The second kappa shape index (κ2) is 9.74. The molecule has 0 bridgehead atoms. The Bertz CT molecular complexity index is 821. The van der Waals surface area contributed by atoms with Crippen LogP contribution in [0.5, 0.6) is 5.75 Å². The Labute approximate surface area is 151 Å². The fourth-order valence-corrected chi connectivity index (χ4v) is 2.11. The number of benzene rings is 2. The quantitative estimate of drug-likeness (QED) is 0.616. The number of aromatic carboxylic acids is 1. The van der Waals surface area contributed by atoms with Gasteiger partial charge in [0.05, 0.1) is 7.11 Å². The van der Waals surface area contributed by atoms with E-state index < -0.39 is 12.1 Å². The first-order valence-electron chi connectivity index (χ1n) is 7.95. The Balaban J connectivity index is 1.76. The number of hydrogen-bond acceptors (Lipinski definition) is 4. The largest absolute Gasteiger partial charge is 0.496 e. The smallest absolute Gasteiger partial charge is 0.407 e. The summed E-state index contributed by atoms with van der Waals surface area (Å²) in [5.74, 6) is 5.01. The molecule has 2 rings (SSSR count). The average Bonchev–Trinajstić information content (AvgIpc) is 2.66. The van der Waals surface area contributed by atoms with Gasteiger partial charge in [0.25, 0.3) is 0 Å². The van der Waals surface area contributed by atoms with E-state index in [0.717, 1.165) is 5.56 Å². The van der Waals surface area contributed by atoms with Crippen molar-refractivity contribution in [3.63, 3.8) is 0 Å². The Morgan fingerprint density at radius 1 is 1.15 bits per heavy atom. The Hall–Kier alpha value is -3.46. The number of carboxylic acids is 1. The Kier molecular flexibility index (Phi) is 7.07. The van der Waals surface area contributed by atoms with E-state index in [2.05, 4.69) is 17.2 Å². The van der Waals surface area contributed by atoms with Gasteiger partial charge in [-0.05, 0) is 23.8 Å². The molecule has 134 valence electrons. The molecule has 0 radical (unpaired) electrons. The third-order valence-corrected chi connectivity index (χ3v) is 3.40. The van der Waals surface area contributed by atoms with E-state index in [1.165, 1.54) is 13.2 Å². The molecular weight excluding hydrogens is 334 g/mol. The third-order valence-electron chi connectivity index (χ3n) is 3.40. The van der Waals surface area contributed by atoms with Crippen molar-refractivity contribution in [1.82, 2.24) is 5.32 Å². The van der Waals surface area contributed by atoms with Gasteiger partial charge in [-0.3, -0.25) is 0 Å². The van der Waals surface area contributed by atoms with Crippen molar-refractivity contribution in [2.45, 2.75) is 13.0 Å². The second-order valence-electron chi connectivity index (χ2n) is 5.26. The maximum atomic E-state index is 11.6. The number of carboxylic acid groups (broad SMARTS) is 1. The van der Waals surface area contributed by atoms with Crippen molar-refractivity contribution in [3.05, 3.63) is 65.2 Å². The molecule has 0 unspecified atom stereocenters. The molecule has 2 aromatic carbocycles. The summed E-state index contributed by atoms with van der Waals surface area (Å²) in [4.78, 5) is 22.6. The highest BCUT2D eigenvalue weighted by Gasteiger charge is 2.10. The predicted octanol–water partition coefficient (Wildman–Crippen LogP) is 3.06. The van der Waals surface area contributed by atoms with Crippen LogP contribution in [-0.4, -0.2) is 30.8 Å². The second-order valence-corrected chi connectivity index (χ2v) is 5.26. The first-order valence-corrected chi connectivity index (χ1v) is 7.95. The zero-order chi connectivity index (χ0) is 18.8. The number of alkyl carbamates (subject to hydrolysis) is 1. The minimum atomic E-state index is -1.06. The van der Waals surface area contributed by atoms with Gasteiger partial charge in [-0.25, -0.2) is 9.59 Å². The van der Waals surface area contributed by atoms with Gasteiger partial charge in [-0.1, -0.05) is 42.2 Å². The summed E-state index contributed by atoms with van der Waals surface area (Å²) < 4.78 is 10.1. The number of nitrogens with one attached hydrogen (secondary N) is 1. The Morgan fingerprint density at radius 3 is 2.62 bits per heavy atom. The van der Waals surface area contributed by atoms with Crippen LogP contribution in [0.2, 0.25) is 0 Å². The van der Waals surface area contributed by atoms with Crippen LogP contribution in [0, 0.1) is 11.8 Å². The van der Waals surface area contributed by atoms with Gasteiger partial charge in [0.15, 0.2) is 0 Å². The number of amides is 1. The van der Waals surface area contributed by atoms with Gasteiger partial charge in [0, 0.05) is 18.5 Å².